The van der Waals surface area contributed by atoms with Crippen LogP contribution in [0, 0.1) is 0 Å². The fourth-order valence-corrected chi connectivity index (χ4v) is 4.77. The summed E-state index contributed by atoms with van der Waals surface area (Å²) in [4.78, 5) is 27.7. The molecule has 2 heterocycles. The summed E-state index contributed by atoms with van der Waals surface area (Å²) in [6.07, 6.45) is 0.820. The molecule has 0 radical (unpaired) electrons. The van der Waals surface area contributed by atoms with Gasteiger partial charge in [-0.3, -0.25) is 9.59 Å². The number of nitrogens with zero attached hydrogens (tertiary/aromatic N) is 2. The van der Waals surface area contributed by atoms with Gasteiger partial charge in [-0.05, 0) is 55.7 Å². The first-order valence-electron chi connectivity index (χ1n) is 11.9. The summed E-state index contributed by atoms with van der Waals surface area (Å²) >= 11 is 5.96. The Hall–Kier alpha value is -3.68. The molecule has 1 aliphatic heterocycles. The number of carbonyl (C=O) groups excluding carboxylic acids is 2. The summed E-state index contributed by atoms with van der Waals surface area (Å²) in [5.74, 6) is 0.0519. The van der Waals surface area contributed by atoms with E-state index in [2.05, 4.69) is 10.5 Å². The molecule has 0 spiro atoms. The maximum Gasteiger partial charge on any atom is 0.251 e. The van der Waals surface area contributed by atoms with Gasteiger partial charge in [-0.2, -0.15) is 0 Å². The normalized spacial score (nSPS) is 16.0. The number of carbonyl (C=O) groups is 2. The van der Waals surface area contributed by atoms with Crippen molar-refractivity contribution in [1.29, 1.82) is 0 Å². The van der Waals surface area contributed by atoms with Crippen molar-refractivity contribution in [2.45, 2.75) is 31.4 Å². The highest BCUT2D eigenvalue weighted by atomic mass is 35.5. The van der Waals surface area contributed by atoms with E-state index in [0.29, 0.717) is 47.8 Å². The van der Waals surface area contributed by atoms with E-state index >= 15 is 0 Å². The summed E-state index contributed by atoms with van der Waals surface area (Å²) in [5.41, 5.74) is 1.72. The highest BCUT2D eigenvalue weighted by molar-refractivity contribution is 6.30. The lowest BCUT2D eigenvalue weighted by Crippen LogP contribution is -2.51. The van der Waals surface area contributed by atoms with Crippen molar-refractivity contribution in [3.63, 3.8) is 0 Å². The number of fused-ring (bicyclic) bond motifs is 1. The largest absolute Gasteiger partial charge is 0.385 e. The van der Waals surface area contributed by atoms with Gasteiger partial charge in [-0.1, -0.05) is 59.2 Å². The second-order valence-electron chi connectivity index (χ2n) is 9.17. The monoisotopic (exact) mass is 503 g/mol. The van der Waals surface area contributed by atoms with E-state index in [9.17, 15) is 14.7 Å². The quantitative estimate of drug-likeness (QED) is 0.409. The van der Waals surface area contributed by atoms with E-state index in [1.54, 1.807) is 42.2 Å². The van der Waals surface area contributed by atoms with Crippen LogP contribution < -0.4 is 5.32 Å². The second kappa shape index (κ2) is 9.76. The van der Waals surface area contributed by atoms with Crippen molar-refractivity contribution in [3.8, 4) is 11.3 Å². The van der Waals surface area contributed by atoms with Crippen molar-refractivity contribution in [2.24, 2.45) is 0 Å². The van der Waals surface area contributed by atoms with E-state index in [1.807, 2.05) is 42.5 Å². The van der Waals surface area contributed by atoms with Gasteiger partial charge in [0.1, 0.15) is 11.6 Å². The van der Waals surface area contributed by atoms with Gasteiger partial charge in [-0.15, -0.1) is 0 Å². The Balaban J connectivity index is 1.24. The molecule has 184 valence electrons. The van der Waals surface area contributed by atoms with Crippen LogP contribution in [-0.2, 0) is 10.4 Å². The standard InChI is InChI=1S/C28H26ClN3O4/c1-18(27(34)32-15-13-28(35,14-16-32)21-8-10-22(29)11-9-21)30-26(33)20-7-12-24-23(17-20)25(36-31-24)19-5-3-2-4-6-19/h2-12,17-18,35H,13-16H2,1H3,(H,30,33)/t18-/m1/s1. The summed E-state index contributed by atoms with van der Waals surface area (Å²) in [6, 6.07) is 21.1. The molecule has 2 amide bonds. The number of halogens is 1. The minimum atomic E-state index is -1.00. The summed E-state index contributed by atoms with van der Waals surface area (Å²) in [7, 11) is 0. The Morgan fingerprint density at radius 2 is 1.75 bits per heavy atom. The van der Waals surface area contributed by atoms with E-state index in [1.165, 1.54) is 0 Å². The molecule has 0 bridgehead atoms. The van der Waals surface area contributed by atoms with Gasteiger partial charge in [0.25, 0.3) is 5.91 Å². The van der Waals surface area contributed by atoms with Crippen molar-refractivity contribution < 1.29 is 19.2 Å². The average molecular weight is 504 g/mol. The molecule has 1 atom stereocenters. The Labute approximate surface area is 213 Å². The zero-order chi connectivity index (χ0) is 25.3. The highest BCUT2D eigenvalue weighted by Gasteiger charge is 2.36. The van der Waals surface area contributed by atoms with Crippen molar-refractivity contribution in [2.75, 3.05) is 13.1 Å². The van der Waals surface area contributed by atoms with Crippen LogP contribution in [0.1, 0.15) is 35.7 Å². The lowest BCUT2D eigenvalue weighted by atomic mass is 9.84. The predicted octanol–water partition coefficient (Wildman–Crippen LogP) is 4.78. The van der Waals surface area contributed by atoms with Gasteiger partial charge in [-0.25, -0.2) is 0 Å². The maximum absolute atomic E-state index is 13.1. The predicted molar refractivity (Wildman–Crippen MR) is 138 cm³/mol. The molecule has 0 unspecified atom stereocenters. The van der Waals surface area contributed by atoms with Crippen LogP contribution in [0.25, 0.3) is 22.2 Å². The third-order valence-electron chi connectivity index (χ3n) is 6.78. The molecule has 1 aromatic heterocycles. The maximum atomic E-state index is 13.1. The number of hydrogen-bond acceptors (Lipinski definition) is 5. The van der Waals surface area contributed by atoms with Crippen LogP contribution in [0.3, 0.4) is 0 Å². The van der Waals surface area contributed by atoms with Crippen LogP contribution in [0.4, 0.5) is 0 Å². The first-order valence-corrected chi connectivity index (χ1v) is 12.2. The topological polar surface area (TPSA) is 95.7 Å². The molecule has 1 saturated heterocycles. The zero-order valence-corrected chi connectivity index (χ0v) is 20.5. The van der Waals surface area contributed by atoms with Crippen LogP contribution in [0.5, 0.6) is 0 Å². The molecule has 7 nitrogen and oxygen atoms in total. The van der Waals surface area contributed by atoms with Crippen LogP contribution in [0.15, 0.2) is 77.3 Å². The van der Waals surface area contributed by atoms with E-state index < -0.39 is 11.6 Å². The number of aliphatic hydroxyl groups is 1. The highest BCUT2D eigenvalue weighted by Crippen LogP contribution is 2.34. The number of nitrogens with one attached hydrogen (secondary N) is 1. The molecule has 5 rings (SSSR count). The van der Waals surface area contributed by atoms with Crippen LogP contribution >= 0.6 is 11.6 Å². The summed E-state index contributed by atoms with van der Waals surface area (Å²) in [5, 5.41) is 19.3. The number of amides is 2. The summed E-state index contributed by atoms with van der Waals surface area (Å²) < 4.78 is 5.52. The molecule has 0 saturated carbocycles. The number of hydrogen-bond donors (Lipinski definition) is 2. The fraction of sp³-hybridized carbons (Fsp3) is 0.250. The number of piperidine rings is 1. The van der Waals surface area contributed by atoms with Gasteiger partial charge in [0.2, 0.25) is 5.91 Å². The molecule has 8 heteroatoms. The van der Waals surface area contributed by atoms with Gasteiger partial charge in [0, 0.05) is 29.2 Å². The van der Waals surface area contributed by atoms with E-state index in [4.69, 9.17) is 16.1 Å². The molecular weight excluding hydrogens is 478 g/mol. The van der Waals surface area contributed by atoms with Crippen molar-refractivity contribution >= 4 is 34.3 Å². The zero-order valence-electron chi connectivity index (χ0n) is 19.8. The molecule has 1 aliphatic rings. The lowest BCUT2D eigenvalue weighted by molar-refractivity contribution is -0.137. The minimum Gasteiger partial charge on any atom is -0.385 e. The average Bonchev–Trinajstić information content (AvgIpc) is 3.33. The number of aromatic nitrogens is 1. The van der Waals surface area contributed by atoms with Crippen molar-refractivity contribution in [1.82, 2.24) is 15.4 Å². The van der Waals surface area contributed by atoms with Gasteiger partial charge in [0.05, 0.1) is 11.0 Å². The molecule has 36 heavy (non-hydrogen) atoms. The molecule has 0 aliphatic carbocycles. The number of likely N-dealkylation sites (tertiary alicyclic amines) is 1. The van der Waals surface area contributed by atoms with Crippen molar-refractivity contribution in [3.05, 3.63) is 88.9 Å². The van der Waals surface area contributed by atoms with Gasteiger partial charge in [0.15, 0.2) is 5.76 Å². The Kier molecular flexibility index (Phi) is 6.51. The SMILES string of the molecule is C[C@@H](NC(=O)c1ccc2noc(-c3ccccc3)c2c1)C(=O)N1CCC(O)(c2ccc(Cl)cc2)CC1. The first kappa shape index (κ1) is 24.0. The third kappa shape index (κ3) is 4.72. The van der Waals surface area contributed by atoms with E-state index in [0.717, 1.165) is 16.5 Å². The number of benzene rings is 3. The molecule has 4 aromatic rings. The Morgan fingerprint density at radius 1 is 1.06 bits per heavy atom. The van der Waals surface area contributed by atoms with E-state index in [-0.39, 0.29) is 11.8 Å². The molecule has 2 N–H and O–H groups in total. The van der Waals surface area contributed by atoms with Crippen LogP contribution in [-0.4, -0.2) is 46.1 Å². The first-order chi connectivity index (χ1) is 17.3. The number of rotatable bonds is 5. The molecule has 3 aromatic carbocycles. The Bertz CT molecular complexity index is 1390. The smallest absolute Gasteiger partial charge is 0.251 e. The molecular formula is C28H26ClN3O4. The lowest BCUT2D eigenvalue weighted by Gasteiger charge is -2.39. The molecule has 1 fully saturated rings. The van der Waals surface area contributed by atoms with Crippen LogP contribution in [0.2, 0.25) is 5.02 Å². The summed E-state index contributed by atoms with van der Waals surface area (Å²) in [6.45, 7) is 2.46. The fourth-order valence-electron chi connectivity index (χ4n) is 4.64. The van der Waals surface area contributed by atoms with Gasteiger partial charge < -0.3 is 19.8 Å². The van der Waals surface area contributed by atoms with Gasteiger partial charge >= 0.3 is 0 Å². The third-order valence-corrected chi connectivity index (χ3v) is 7.03. The Morgan fingerprint density at radius 3 is 2.44 bits per heavy atom. The minimum absolute atomic E-state index is 0.183. The second-order valence-corrected chi connectivity index (χ2v) is 9.61.